The average Bonchev–Trinajstić information content (AvgIpc) is 2.99. The fraction of sp³-hybridized carbons (Fsp3) is 0.348. The molecule has 34 heavy (non-hydrogen) atoms. The number of halogens is 2. The van der Waals surface area contributed by atoms with Crippen molar-refractivity contribution in [1.82, 2.24) is 14.5 Å². The molecule has 3 rings (SSSR count). The molecule has 1 atom stereocenters. The van der Waals surface area contributed by atoms with E-state index in [0.29, 0.717) is 22.2 Å². The Kier molecular flexibility index (Phi) is 8.22. The van der Waals surface area contributed by atoms with Gasteiger partial charge in [-0.25, -0.2) is 12.7 Å². The summed E-state index contributed by atoms with van der Waals surface area (Å²) in [6, 6.07) is 10.1. The van der Waals surface area contributed by atoms with Crippen LogP contribution < -0.4 is 5.32 Å². The molecule has 1 heterocycles. The SMILES string of the molecule is CCNC(=O)[C@H](C)N(Cc1c(Cl)cccc1Cl)C(=O)CCCN1C(=O)c2ccccc2S1(=O)=O. The number of fused-ring (bicyclic) bond motifs is 1. The summed E-state index contributed by atoms with van der Waals surface area (Å²) in [5.41, 5.74) is 0.622. The molecule has 0 radical (unpaired) electrons. The fourth-order valence-electron chi connectivity index (χ4n) is 3.73. The Bertz CT molecular complexity index is 1200. The quantitative estimate of drug-likeness (QED) is 0.539. The Morgan fingerprint density at radius 2 is 1.74 bits per heavy atom. The van der Waals surface area contributed by atoms with E-state index < -0.39 is 27.9 Å². The van der Waals surface area contributed by atoms with Crippen LogP contribution in [0.1, 0.15) is 42.6 Å². The second-order valence-electron chi connectivity index (χ2n) is 7.77. The first-order chi connectivity index (χ1) is 16.1. The van der Waals surface area contributed by atoms with E-state index in [1.165, 1.54) is 17.0 Å². The molecule has 0 saturated carbocycles. The molecule has 0 aliphatic carbocycles. The maximum Gasteiger partial charge on any atom is 0.269 e. The zero-order valence-corrected chi connectivity index (χ0v) is 21.1. The lowest BCUT2D eigenvalue weighted by Crippen LogP contribution is -2.47. The lowest BCUT2D eigenvalue weighted by molar-refractivity contribution is -0.140. The standard InChI is InChI=1S/C23H25Cl2N3O5S/c1-3-26-22(30)15(2)27(14-17-18(24)9-6-10-19(17)25)21(29)12-7-13-28-23(31)16-8-4-5-11-20(16)34(28,32)33/h4-6,8-11,15H,3,7,12-14H2,1-2H3,(H,26,30)/t15-/m0/s1. The number of benzene rings is 2. The average molecular weight is 526 g/mol. The fourth-order valence-corrected chi connectivity index (χ4v) is 5.85. The van der Waals surface area contributed by atoms with Crippen molar-refractivity contribution in [2.75, 3.05) is 13.1 Å². The zero-order valence-electron chi connectivity index (χ0n) is 18.8. The Morgan fingerprint density at radius 3 is 2.35 bits per heavy atom. The number of sulfonamides is 1. The molecular formula is C23H25Cl2N3O5S. The summed E-state index contributed by atoms with van der Waals surface area (Å²) >= 11 is 12.5. The largest absolute Gasteiger partial charge is 0.355 e. The maximum atomic E-state index is 13.2. The highest BCUT2D eigenvalue weighted by molar-refractivity contribution is 7.90. The van der Waals surface area contributed by atoms with E-state index in [9.17, 15) is 22.8 Å². The normalized spacial score (nSPS) is 15.1. The summed E-state index contributed by atoms with van der Waals surface area (Å²) in [4.78, 5) is 39.5. The smallest absolute Gasteiger partial charge is 0.269 e. The number of nitrogens with one attached hydrogen (secondary N) is 1. The molecule has 0 spiro atoms. The minimum absolute atomic E-state index is 0.00201. The van der Waals surface area contributed by atoms with Crippen LogP contribution >= 0.6 is 23.2 Å². The third kappa shape index (κ3) is 5.21. The summed E-state index contributed by atoms with van der Waals surface area (Å²) in [6.45, 7) is 3.61. The van der Waals surface area contributed by atoms with Crippen molar-refractivity contribution in [1.29, 1.82) is 0 Å². The van der Waals surface area contributed by atoms with Gasteiger partial charge in [0, 0.05) is 41.7 Å². The number of likely N-dealkylation sites (N-methyl/N-ethyl adjacent to an activating group) is 1. The molecule has 1 aliphatic heterocycles. The number of amides is 3. The van der Waals surface area contributed by atoms with Crippen molar-refractivity contribution >= 4 is 50.9 Å². The Morgan fingerprint density at radius 1 is 1.09 bits per heavy atom. The molecular weight excluding hydrogens is 501 g/mol. The minimum Gasteiger partial charge on any atom is -0.355 e. The van der Waals surface area contributed by atoms with E-state index in [0.717, 1.165) is 4.31 Å². The number of hydrogen-bond acceptors (Lipinski definition) is 5. The van der Waals surface area contributed by atoms with E-state index in [4.69, 9.17) is 23.2 Å². The van der Waals surface area contributed by atoms with Gasteiger partial charge < -0.3 is 10.2 Å². The summed E-state index contributed by atoms with van der Waals surface area (Å²) in [5, 5.41) is 3.41. The molecule has 2 aromatic carbocycles. The number of carbonyl (C=O) groups is 3. The zero-order chi connectivity index (χ0) is 25.0. The Labute approximate surface area is 208 Å². The van der Waals surface area contributed by atoms with Gasteiger partial charge in [0.25, 0.3) is 15.9 Å². The first-order valence-electron chi connectivity index (χ1n) is 10.8. The topological polar surface area (TPSA) is 104 Å². The molecule has 182 valence electrons. The van der Waals surface area contributed by atoms with E-state index in [1.807, 2.05) is 0 Å². The van der Waals surface area contributed by atoms with E-state index in [1.54, 1.807) is 44.2 Å². The van der Waals surface area contributed by atoms with Gasteiger partial charge in [0.2, 0.25) is 11.8 Å². The number of carbonyl (C=O) groups excluding carboxylic acids is 3. The number of nitrogens with zero attached hydrogens (tertiary/aromatic N) is 2. The van der Waals surface area contributed by atoms with Crippen molar-refractivity contribution in [3.63, 3.8) is 0 Å². The van der Waals surface area contributed by atoms with Crippen molar-refractivity contribution in [3.8, 4) is 0 Å². The Balaban J connectivity index is 1.74. The highest BCUT2D eigenvalue weighted by Crippen LogP contribution is 2.30. The molecule has 1 aliphatic rings. The lowest BCUT2D eigenvalue weighted by Gasteiger charge is -2.29. The van der Waals surface area contributed by atoms with Crippen LogP contribution in [0.5, 0.6) is 0 Å². The van der Waals surface area contributed by atoms with Crippen LogP contribution in [0.25, 0.3) is 0 Å². The van der Waals surface area contributed by atoms with Crippen LogP contribution in [0.15, 0.2) is 47.4 Å². The molecule has 0 unspecified atom stereocenters. The molecule has 0 bridgehead atoms. The van der Waals surface area contributed by atoms with Crippen LogP contribution in [0.2, 0.25) is 10.0 Å². The summed E-state index contributed by atoms with van der Waals surface area (Å²) in [5.74, 6) is -1.35. The van der Waals surface area contributed by atoms with E-state index in [2.05, 4.69) is 5.32 Å². The van der Waals surface area contributed by atoms with Crippen LogP contribution in [0.3, 0.4) is 0 Å². The lowest BCUT2D eigenvalue weighted by atomic mass is 10.1. The van der Waals surface area contributed by atoms with Gasteiger partial charge in [0.15, 0.2) is 0 Å². The number of rotatable bonds is 9. The summed E-state index contributed by atoms with van der Waals surface area (Å²) in [7, 11) is -3.95. The van der Waals surface area contributed by atoms with E-state index in [-0.39, 0.29) is 42.3 Å². The molecule has 0 fully saturated rings. The molecule has 1 N–H and O–H groups in total. The highest BCUT2D eigenvalue weighted by Gasteiger charge is 2.40. The maximum absolute atomic E-state index is 13.2. The van der Waals surface area contributed by atoms with Gasteiger partial charge >= 0.3 is 0 Å². The van der Waals surface area contributed by atoms with Crippen LogP contribution in [0, 0.1) is 0 Å². The van der Waals surface area contributed by atoms with E-state index >= 15 is 0 Å². The third-order valence-corrected chi connectivity index (χ3v) is 8.12. The molecule has 2 aromatic rings. The van der Waals surface area contributed by atoms with Gasteiger partial charge in [-0.1, -0.05) is 41.4 Å². The first kappa shape index (κ1) is 26.0. The van der Waals surface area contributed by atoms with Gasteiger partial charge in [-0.3, -0.25) is 14.4 Å². The summed E-state index contributed by atoms with van der Waals surface area (Å²) in [6.07, 6.45) is 0.00806. The first-order valence-corrected chi connectivity index (χ1v) is 12.9. The van der Waals surface area contributed by atoms with Crippen LogP contribution in [0.4, 0.5) is 0 Å². The van der Waals surface area contributed by atoms with Crippen molar-refractivity contribution < 1.29 is 22.8 Å². The van der Waals surface area contributed by atoms with Crippen molar-refractivity contribution in [2.45, 2.75) is 44.2 Å². The van der Waals surface area contributed by atoms with Gasteiger partial charge in [0.05, 0.1) is 5.56 Å². The van der Waals surface area contributed by atoms with Gasteiger partial charge in [-0.15, -0.1) is 0 Å². The summed E-state index contributed by atoms with van der Waals surface area (Å²) < 4.78 is 26.2. The second-order valence-corrected chi connectivity index (χ2v) is 10.4. The Hall–Kier alpha value is -2.62. The predicted molar refractivity (Wildman–Crippen MR) is 129 cm³/mol. The predicted octanol–water partition coefficient (Wildman–Crippen LogP) is 3.47. The van der Waals surface area contributed by atoms with Gasteiger partial charge in [-0.05, 0) is 44.5 Å². The second kappa shape index (κ2) is 10.8. The molecule has 0 aromatic heterocycles. The van der Waals surface area contributed by atoms with Gasteiger partial charge in [0.1, 0.15) is 10.9 Å². The number of hydrogen-bond donors (Lipinski definition) is 1. The molecule has 8 nitrogen and oxygen atoms in total. The molecule has 11 heteroatoms. The van der Waals surface area contributed by atoms with Crippen LogP contribution in [-0.4, -0.2) is 54.5 Å². The van der Waals surface area contributed by atoms with Crippen LogP contribution in [-0.2, 0) is 26.2 Å². The monoisotopic (exact) mass is 525 g/mol. The molecule has 3 amide bonds. The third-order valence-electron chi connectivity index (χ3n) is 5.57. The highest BCUT2D eigenvalue weighted by atomic mass is 35.5. The van der Waals surface area contributed by atoms with Crippen molar-refractivity contribution in [2.24, 2.45) is 0 Å². The molecule has 0 saturated heterocycles. The minimum atomic E-state index is -3.95. The van der Waals surface area contributed by atoms with Crippen molar-refractivity contribution in [3.05, 3.63) is 63.6 Å². The van der Waals surface area contributed by atoms with Gasteiger partial charge in [-0.2, -0.15) is 0 Å².